The summed E-state index contributed by atoms with van der Waals surface area (Å²) in [7, 11) is 0. The van der Waals surface area contributed by atoms with E-state index in [9.17, 15) is 4.79 Å². The van der Waals surface area contributed by atoms with Crippen molar-refractivity contribution in [3.63, 3.8) is 0 Å². The Labute approximate surface area is 107 Å². The molecule has 0 heterocycles. The third kappa shape index (κ3) is 3.01. The van der Waals surface area contributed by atoms with Gasteiger partial charge in [0.1, 0.15) is 12.4 Å². The van der Waals surface area contributed by atoms with E-state index in [4.69, 9.17) is 15.1 Å². The van der Waals surface area contributed by atoms with Crippen LogP contribution in [0.3, 0.4) is 0 Å². The summed E-state index contributed by atoms with van der Waals surface area (Å²) < 4.78 is 5.60. The maximum atomic E-state index is 11.0. The number of aryl methyl sites for hydroxylation is 2. The summed E-state index contributed by atoms with van der Waals surface area (Å²) in [6.07, 6.45) is 0. The van der Waals surface area contributed by atoms with Gasteiger partial charge in [-0.15, -0.1) is 0 Å². The zero-order chi connectivity index (χ0) is 13.9. The van der Waals surface area contributed by atoms with Crippen molar-refractivity contribution in [1.29, 1.82) is 5.26 Å². The molecule has 96 valence electrons. The average Bonchev–Trinajstić information content (AvgIpc) is 2.27. The Morgan fingerprint density at radius 2 is 1.89 bits per heavy atom. The summed E-state index contributed by atoms with van der Waals surface area (Å²) in [5.41, 5.74) is 1.32. The lowest BCUT2D eigenvalue weighted by Gasteiger charge is -2.21. The molecule has 0 fully saturated rings. The van der Waals surface area contributed by atoms with Crippen molar-refractivity contribution in [2.75, 3.05) is 6.61 Å². The van der Waals surface area contributed by atoms with Gasteiger partial charge in [-0.1, -0.05) is 0 Å². The topological polar surface area (TPSA) is 70.3 Å². The molecule has 1 rings (SSSR count). The van der Waals surface area contributed by atoms with Crippen molar-refractivity contribution >= 4 is 5.97 Å². The minimum atomic E-state index is -0.938. The number of carboxylic acid groups (broad SMARTS) is 1. The Balaban J connectivity index is 2.94. The van der Waals surface area contributed by atoms with Gasteiger partial charge in [-0.05, 0) is 51.0 Å². The molecule has 1 aromatic carbocycles. The van der Waals surface area contributed by atoms with Crippen LogP contribution in [0, 0.1) is 30.6 Å². The molecule has 0 unspecified atom stereocenters. The predicted octanol–water partition coefficient (Wildman–Crippen LogP) is 2.66. The van der Waals surface area contributed by atoms with Crippen LogP contribution in [-0.4, -0.2) is 17.7 Å². The van der Waals surface area contributed by atoms with Gasteiger partial charge >= 0.3 is 5.97 Å². The van der Waals surface area contributed by atoms with Crippen LogP contribution in [0.4, 0.5) is 0 Å². The number of aliphatic carboxylic acids is 1. The molecule has 1 N–H and O–H groups in total. The SMILES string of the molecule is Cc1cc(C#N)cc(C)c1OCC(C)(C)C(=O)O. The van der Waals surface area contributed by atoms with Crippen molar-refractivity contribution in [1.82, 2.24) is 0 Å². The van der Waals surface area contributed by atoms with Gasteiger partial charge in [-0.3, -0.25) is 4.79 Å². The fourth-order valence-corrected chi connectivity index (χ4v) is 1.56. The van der Waals surface area contributed by atoms with Crippen molar-refractivity contribution in [3.05, 3.63) is 28.8 Å². The van der Waals surface area contributed by atoms with Crippen LogP contribution >= 0.6 is 0 Å². The molecule has 0 aliphatic carbocycles. The number of hydrogen-bond acceptors (Lipinski definition) is 3. The molecule has 0 radical (unpaired) electrons. The highest BCUT2D eigenvalue weighted by molar-refractivity contribution is 5.73. The standard InChI is InChI=1S/C14H17NO3/c1-9-5-11(7-15)6-10(2)12(9)18-8-14(3,4)13(16)17/h5-6H,8H2,1-4H3,(H,16,17). The highest BCUT2D eigenvalue weighted by Gasteiger charge is 2.28. The molecule has 0 aromatic heterocycles. The normalized spacial score (nSPS) is 10.8. The Hall–Kier alpha value is -2.02. The zero-order valence-electron chi connectivity index (χ0n) is 11.1. The van der Waals surface area contributed by atoms with Gasteiger partial charge in [0.2, 0.25) is 0 Å². The van der Waals surface area contributed by atoms with Gasteiger partial charge in [-0.2, -0.15) is 5.26 Å². The van der Waals surface area contributed by atoms with E-state index in [2.05, 4.69) is 6.07 Å². The molecule has 18 heavy (non-hydrogen) atoms. The lowest BCUT2D eigenvalue weighted by atomic mass is 9.95. The second-order valence-electron chi connectivity index (χ2n) is 5.03. The minimum Gasteiger partial charge on any atom is -0.492 e. The van der Waals surface area contributed by atoms with E-state index >= 15 is 0 Å². The highest BCUT2D eigenvalue weighted by atomic mass is 16.5. The fraction of sp³-hybridized carbons (Fsp3) is 0.429. The molecule has 0 atom stereocenters. The van der Waals surface area contributed by atoms with Crippen LogP contribution in [-0.2, 0) is 4.79 Å². The first-order valence-electron chi connectivity index (χ1n) is 5.65. The number of rotatable bonds is 4. The van der Waals surface area contributed by atoms with E-state index in [1.165, 1.54) is 0 Å². The first kappa shape index (κ1) is 14.0. The highest BCUT2D eigenvalue weighted by Crippen LogP contribution is 2.27. The molecule has 4 nitrogen and oxygen atoms in total. The quantitative estimate of drug-likeness (QED) is 0.888. The molecule has 0 aliphatic rings. The maximum absolute atomic E-state index is 11.0. The number of ether oxygens (including phenoxy) is 1. The number of carboxylic acids is 1. The second kappa shape index (κ2) is 5.09. The Kier molecular flexibility index (Phi) is 3.97. The number of carbonyl (C=O) groups is 1. The van der Waals surface area contributed by atoms with Gasteiger partial charge in [0.25, 0.3) is 0 Å². The van der Waals surface area contributed by atoms with Crippen molar-refractivity contribution in [2.45, 2.75) is 27.7 Å². The Morgan fingerprint density at radius 1 is 1.39 bits per heavy atom. The van der Waals surface area contributed by atoms with Gasteiger partial charge in [-0.25, -0.2) is 0 Å². The summed E-state index contributed by atoms with van der Waals surface area (Å²) in [6, 6.07) is 5.54. The predicted molar refractivity (Wildman–Crippen MR) is 67.5 cm³/mol. The maximum Gasteiger partial charge on any atom is 0.312 e. The van der Waals surface area contributed by atoms with E-state index in [1.54, 1.807) is 26.0 Å². The van der Waals surface area contributed by atoms with Crippen LogP contribution in [0.5, 0.6) is 5.75 Å². The van der Waals surface area contributed by atoms with Gasteiger partial charge in [0.05, 0.1) is 17.0 Å². The molecular weight excluding hydrogens is 230 g/mol. The van der Waals surface area contributed by atoms with Crippen LogP contribution in [0.25, 0.3) is 0 Å². The molecule has 0 aliphatic heterocycles. The van der Waals surface area contributed by atoms with Crippen molar-refractivity contribution in [3.8, 4) is 11.8 Å². The monoisotopic (exact) mass is 247 g/mol. The van der Waals surface area contributed by atoms with Gasteiger partial charge in [0.15, 0.2) is 0 Å². The number of hydrogen-bond donors (Lipinski definition) is 1. The lowest BCUT2D eigenvalue weighted by Crippen LogP contribution is -2.31. The molecule has 0 saturated heterocycles. The Bertz CT molecular complexity index is 489. The minimum absolute atomic E-state index is 0.0932. The van der Waals surface area contributed by atoms with Gasteiger partial charge < -0.3 is 9.84 Å². The molecular formula is C14H17NO3. The second-order valence-corrected chi connectivity index (χ2v) is 5.03. The lowest BCUT2D eigenvalue weighted by molar-refractivity contribution is -0.148. The third-order valence-corrected chi connectivity index (χ3v) is 2.75. The largest absolute Gasteiger partial charge is 0.492 e. The summed E-state index contributed by atoms with van der Waals surface area (Å²) in [6.45, 7) is 7.01. The van der Waals surface area contributed by atoms with Crippen LogP contribution in [0.1, 0.15) is 30.5 Å². The number of nitriles is 1. The van der Waals surface area contributed by atoms with E-state index in [0.29, 0.717) is 11.3 Å². The molecule has 4 heteroatoms. The smallest absolute Gasteiger partial charge is 0.312 e. The average molecular weight is 247 g/mol. The van der Waals surface area contributed by atoms with Crippen LogP contribution in [0.15, 0.2) is 12.1 Å². The van der Waals surface area contributed by atoms with Crippen molar-refractivity contribution in [2.24, 2.45) is 5.41 Å². The summed E-state index contributed by atoms with van der Waals surface area (Å²) >= 11 is 0. The first-order valence-corrected chi connectivity index (χ1v) is 5.65. The number of benzene rings is 1. The zero-order valence-corrected chi connectivity index (χ0v) is 11.1. The molecule has 0 bridgehead atoms. The van der Waals surface area contributed by atoms with Gasteiger partial charge in [0, 0.05) is 0 Å². The Morgan fingerprint density at radius 3 is 2.28 bits per heavy atom. The van der Waals surface area contributed by atoms with E-state index in [1.807, 2.05) is 13.8 Å². The molecule has 0 amide bonds. The summed E-state index contributed by atoms with van der Waals surface area (Å²) in [5, 5.41) is 17.9. The third-order valence-electron chi connectivity index (χ3n) is 2.75. The molecule has 0 spiro atoms. The number of nitrogens with zero attached hydrogens (tertiary/aromatic N) is 1. The molecule has 0 saturated carbocycles. The van der Waals surface area contributed by atoms with Crippen LogP contribution in [0.2, 0.25) is 0 Å². The van der Waals surface area contributed by atoms with E-state index < -0.39 is 11.4 Å². The van der Waals surface area contributed by atoms with Crippen molar-refractivity contribution < 1.29 is 14.6 Å². The summed E-state index contributed by atoms with van der Waals surface area (Å²) in [4.78, 5) is 11.0. The fourth-order valence-electron chi connectivity index (χ4n) is 1.56. The first-order chi connectivity index (χ1) is 8.27. The summed E-state index contributed by atoms with van der Waals surface area (Å²) in [5.74, 6) is -0.241. The van der Waals surface area contributed by atoms with E-state index in [0.717, 1.165) is 11.1 Å². The van der Waals surface area contributed by atoms with Crippen LogP contribution < -0.4 is 4.74 Å². The molecule has 1 aromatic rings. The van der Waals surface area contributed by atoms with E-state index in [-0.39, 0.29) is 6.61 Å².